The van der Waals surface area contributed by atoms with Crippen molar-refractivity contribution in [3.63, 3.8) is 0 Å². The van der Waals surface area contributed by atoms with Gasteiger partial charge in [-0.05, 0) is 17.5 Å². The van der Waals surface area contributed by atoms with Gasteiger partial charge in [-0.25, -0.2) is 4.98 Å². The van der Waals surface area contributed by atoms with E-state index in [0.29, 0.717) is 5.92 Å². The minimum Gasteiger partial charge on any atom is -0.332 e. The van der Waals surface area contributed by atoms with Crippen LogP contribution in [0.15, 0.2) is 30.9 Å². The fourth-order valence-corrected chi connectivity index (χ4v) is 1.50. The van der Waals surface area contributed by atoms with E-state index < -0.39 is 0 Å². The molecule has 0 radical (unpaired) electrons. The van der Waals surface area contributed by atoms with Gasteiger partial charge < -0.3 is 4.57 Å². The Kier molecular flexibility index (Phi) is 2.54. The van der Waals surface area contributed by atoms with Gasteiger partial charge in [-0.1, -0.05) is 19.9 Å². The monoisotopic (exact) mass is 201 g/mol. The molecule has 0 aromatic carbocycles. The molecule has 0 N–H and O–H groups in total. The summed E-state index contributed by atoms with van der Waals surface area (Å²) in [5.41, 5.74) is 3.28. The summed E-state index contributed by atoms with van der Waals surface area (Å²) in [5.74, 6) is 0.526. The number of aromatic nitrogens is 3. The zero-order chi connectivity index (χ0) is 10.8. The highest BCUT2D eigenvalue weighted by molar-refractivity contribution is 5.53. The van der Waals surface area contributed by atoms with Gasteiger partial charge in [-0.2, -0.15) is 0 Å². The molecule has 0 saturated heterocycles. The van der Waals surface area contributed by atoms with Crippen molar-refractivity contribution in [1.29, 1.82) is 0 Å². The average molecular weight is 201 g/mol. The first kappa shape index (κ1) is 9.90. The molecule has 0 saturated carbocycles. The molecule has 0 aliphatic carbocycles. The van der Waals surface area contributed by atoms with Crippen molar-refractivity contribution in [2.45, 2.75) is 19.8 Å². The van der Waals surface area contributed by atoms with Crippen molar-refractivity contribution >= 4 is 0 Å². The maximum absolute atomic E-state index is 4.44. The van der Waals surface area contributed by atoms with E-state index in [0.717, 1.165) is 11.4 Å². The summed E-state index contributed by atoms with van der Waals surface area (Å²) in [5, 5.41) is 0. The second kappa shape index (κ2) is 3.85. The van der Waals surface area contributed by atoms with E-state index in [9.17, 15) is 0 Å². The second-order valence-electron chi connectivity index (χ2n) is 4.02. The number of hydrogen-bond donors (Lipinski definition) is 0. The molecule has 0 fully saturated rings. The maximum Gasteiger partial charge on any atom is 0.0948 e. The van der Waals surface area contributed by atoms with Crippen LogP contribution in [0.3, 0.4) is 0 Å². The van der Waals surface area contributed by atoms with Gasteiger partial charge >= 0.3 is 0 Å². The molecule has 0 aliphatic heterocycles. The lowest BCUT2D eigenvalue weighted by Crippen LogP contribution is -1.94. The van der Waals surface area contributed by atoms with E-state index in [1.165, 1.54) is 5.56 Å². The number of pyridine rings is 1. The molecule has 2 heterocycles. The molecule has 0 amide bonds. The van der Waals surface area contributed by atoms with Crippen molar-refractivity contribution in [3.8, 4) is 11.4 Å². The van der Waals surface area contributed by atoms with Crippen LogP contribution < -0.4 is 0 Å². The molecular formula is C12H15N3. The van der Waals surface area contributed by atoms with Crippen LogP contribution in [0.1, 0.15) is 25.3 Å². The lowest BCUT2D eigenvalue weighted by atomic mass is 10.1. The van der Waals surface area contributed by atoms with Crippen molar-refractivity contribution < 1.29 is 0 Å². The lowest BCUT2D eigenvalue weighted by molar-refractivity contribution is 0.856. The third-order valence-electron chi connectivity index (χ3n) is 2.53. The van der Waals surface area contributed by atoms with Gasteiger partial charge in [-0.3, -0.25) is 4.98 Å². The Hall–Kier alpha value is -1.64. The summed E-state index contributed by atoms with van der Waals surface area (Å²) in [6.07, 6.45) is 5.55. The third-order valence-corrected chi connectivity index (χ3v) is 2.53. The van der Waals surface area contributed by atoms with Crippen molar-refractivity contribution in [3.05, 3.63) is 36.4 Å². The molecular weight excluding hydrogens is 186 g/mol. The van der Waals surface area contributed by atoms with E-state index in [-0.39, 0.29) is 0 Å². The van der Waals surface area contributed by atoms with E-state index in [4.69, 9.17) is 0 Å². The number of nitrogens with zero attached hydrogens (tertiary/aromatic N) is 3. The maximum atomic E-state index is 4.44. The van der Waals surface area contributed by atoms with E-state index in [1.807, 2.05) is 30.1 Å². The number of hydrogen-bond acceptors (Lipinski definition) is 2. The van der Waals surface area contributed by atoms with Crippen molar-refractivity contribution in [1.82, 2.24) is 14.5 Å². The van der Waals surface area contributed by atoms with Gasteiger partial charge in [-0.15, -0.1) is 0 Å². The Morgan fingerprint density at radius 3 is 2.47 bits per heavy atom. The minimum atomic E-state index is 0.526. The number of imidazole rings is 1. The molecule has 78 valence electrons. The first-order valence-electron chi connectivity index (χ1n) is 5.11. The van der Waals surface area contributed by atoms with Gasteiger partial charge in [0.1, 0.15) is 0 Å². The topological polar surface area (TPSA) is 30.7 Å². The minimum absolute atomic E-state index is 0.526. The first-order chi connectivity index (χ1) is 7.18. The second-order valence-corrected chi connectivity index (χ2v) is 4.02. The molecule has 2 rings (SSSR count). The van der Waals surface area contributed by atoms with Gasteiger partial charge in [0.15, 0.2) is 0 Å². The van der Waals surface area contributed by atoms with Gasteiger partial charge in [0.05, 0.1) is 23.9 Å². The Bertz CT molecular complexity index is 440. The molecule has 2 aromatic rings. The van der Waals surface area contributed by atoms with Gasteiger partial charge in [0, 0.05) is 13.2 Å². The van der Waals surface area contributed by atoms with Crippen LogP contribution in [0.2, 0.25) is 0 Å². The molecule has 0 spiro atoms. The number of rotatable bonds is 2. The molecule has 0 bridgehead atoms. The van der Waals surface area contributed by atoms with Crippen LogP contribution in [-0.2, 0) is 7.05 Å². The Labute approximate surface area is 89.8 Å². The van der Waals surface area contributed by atoms with Gasteiger partial charge in [0.25, 0.3) is 0 Å². The molecule has 15 heavy (non-hydrogen) atoms. The summed E-state index contributed by atoms with van der Waals surface area (Å²) in [4.78, 5) is 8.52. The molecule has 0 atom stereocenters. The summed E-state index contributed by atoms with van der Waals surface area (Å²) in [7, 11) is 1.97. The van der Waals surface area contributed by atoms with Crippen LogP contribution in [0, 0.1) is 0 Å². The average Bonchev–Trinajstić information content (AvgIpc) is 2.65. The normalized spacial score (nSPS) is 10.9. The highest BCUT2D eigenvalue weighted by Crippen LogP contribution is 2.18. The summed E-state index contributed by atoms with van der Waals surface area (Å²) >= 11 is 0. The quantitative estimate of drug-likeness (QED) is 0.747. The first-order valence-corrected chi connectivity index (χ1v) is 5.11. The Morgan fingerprint density at radius 2 is 2.00 bits per heavy atom. The highest BCUT2D eigenvalue weighted by atomic mass is 15.0. The van der Waals surface area contributed by atoms with Crippen molar-refractivity contribution in [2.24, 2.45) is 7.05 Å². The summed E-state index contributed by atoms with van der Waals surface area (Å²) in [6, 6.07) is 4.17. The lowest BCUT2D eigenvalue weighted by Gasteiger charge is -2.06. The van der Waals surface area contributed by atoms with E-state index in [1.54, 1.807) is 6.33 Å². The predicted octanol–water partition coefficient (Wildman–Crippen LogP) is 2.61. The highest BCUT2D eigenvalue weighted by Gasteiger charge is 2.04. The molecule has 3 nitrogen and oxygen atoms in total. The molecule has 0 unspecified atom stereocenters. The largest absolute Gasteiger partial charge is 0.332 e. The standard InChI is InChI=1S/C12H15N3/c1-9(2)10-4-5-11(14-6-10)12-7-13-8-15(12)3/h4-9H,1-3H3. The summed E-state index contributed by atoms with van der Waals surface area (Å²) < 4.78 is 1.97. The van der Waals surface area contributed by atoms with Crippen LogP contribution in [0.4, 0.5) is 0 Å². The zero-order valence-corrected chi connectivity index (χ0v) is 9.31. The summed E-state index contributed by atoms with van der Waals surface area (Å²) in [6.45, 7) is 4.33. The number of aryl methyl sites for hydroxylation is 1. The van der Waals surface area contributed by atoms with Gasteiger partial charge in [0.2, 0.25) is 0 Å². The SMILES string of the molecule is CC(C)c1ccc(-c2cncn2C)nc1. The molecule has 2 aromatic heterocycles. The smallest absolute Gasteiger partial charge is 0.0948 e. The predicted molar refractivity (Wildman–Crippen MR) is 60.5 cm³/mol. The van der Waals surface area contributed by atoms with E-state index in [2.05, 4.69) is 29.9 Å². The Balaban J connectivity index is 2.36. The van der Waals surface area contributed by atoms with Crippen LogP contribution in [-0.4, -0.2) is 14.5 Å². The van der Waals surface area contributed by atoms with Crippen LogP contribution >= 0.6 is 0 Å². The van der Waals surface area contributed by atoms with E-state index >= 15 is 0 Å². The van der Waals surface area contributed by atoms with Crippen molar-refractivity contribution in [2.75, 3.05) is 0 Å². The Morgan fingerprint density at radius 1 is 1.20 bits per heavy atom. The van der Waals surface area contributed by atoms with Crippen LogP contribution in [0.5, 0.6) is 0 Å². The fraction of sp³-hybridized carbons (Fsp3) is 0.333. The molecule has 0 aliphatic rings. The van der Waals surface area contributed by atoms with Crippen LogP contribution in [0.25, 0.3) is 11.4 Å². The molecule has 3 heteroatoms. The fourth-order valence-electron chi connectivity index (χ4n) is 1.50. The zero-order valence-electron chi connectivity index (χ0n) is 9.31. The third kappa shape index (κ3) is 1.91.